The van der Waals surface area contributed by atoms with Crippen LogP contribution in [-0.2, 0) is 11.3 Å². The number of hydrogen-bond donors (Lipinski definition) is 3. The van der Waals surface area contributed by atoms with Gasteiger partial charge in [-0.1, -0.05) is 12.1 Å². The summed E-state index contributed by atoms with van der Waals surface area (Å²) in [7, 11) is 0. The van der Waals surface area contributed by atoms with Crippen molar-refractivity contribution in [2.24, 2.45) is 16.6 Å². The lowest BCUT2D eigenvalue weighted by molar-refractivity contribution is -0.123. The number of nitrogens with two attached hydrogens (primary N) is 1. The van der Waals surface area contributed by atoms with Gasteiger partial charge < -0.3 is 21.3 Å². The van der Waals surface area contributed by atoms with E-state index >= 15 is 0 Å². The largest absolute Gasteiger partial charge is 0.369 e. The van der Waals surface area contributed by atoms with Crippen LogP contribution in [0.4, 0.5) is 4.39 Å². The number of aryl methyl sites for hydroxylation is 1. The Morgan fingerprint density at radius 1 is 1.28 bits per heavy atom. The number of hydrogen-bond acceptors (Lipinski definition) is 3. The van der Waals surface area contributed by atoms with E-state index in [0.29, 0.717) is 12.1 Å². The Bertz CT molecular complexity index is 662. The van der Waals surface area contributed by atoms with Gasteiger partial charge in [0.05, 0.1) is 6.54 Å². The Morgan fingerprint density at radius 2 is 2.00 bits per heavy atom. The van der Waals surface area contributed by atoms with Crippen molar-refractivity contribution in [2.75, 3.05) is 32.7 Å². The second-order valence-electron chi connectivity index (χ2n) is 7.43. The summed E-state index contributed by atoms with van der Waals surface area (Å²) < 4.78 is 13.4. The molecule has 1 saturated heterocycles. The summed E-state index contributed by atoms with van der Waals surface area (Å²) in [6.45, 7) is 8.94. The quantitative estimate of drug-likeness (QED) is 0.203. The SMILES string of the molecule is CCNC(=NCc1ccc(F)c(C)c1)NCCCCN1CCC(C(N)=O)CC1.I. The fourth-order valence-electron chi connectivity index (χ4n) is 3.43. The third kappa shape index (κ3) is 9.29. The highest BCUT2D eigenvalue weighted by Gasteiger charge is 2.22. The molecule has 0 spiro atoms. The van der Waals surface area contributed by atoms with Crippen molar-refractivity contribution < 1.29 is 9.18 Å². The van der Waals surface area contributed by atoms with E-state index in [4.69, 9.17) is 5.73 Å². The van der Waals surface area contributed by atoms with E-state index in [-0.39, 0.29) is 41.6 Å². The van der Waals surface area contributed by atoms with Gasteiger partial charge in [-0.15, -0.1) is 24.0 Å². The molecule has 1 amide bonds. The predicted molar refractivity (Wildman–Crippen MR) is 127 cm³/mol. The number of piperidine rings is 1. The number of carbonyl (C=O) groups excluding carboxylic acids is 1. The molecule has 0 radical (unpaired) electrons. The molecule has 0 atom stereocenters. The summed E-state index contributed by atoms with van der Waals surface area (Å²) in [5.41, 5.74) is 7.02. The molecule has 1 fully saturated rings. The number of halogens is 2. The number of primary amides is 1. The van der Waals surface area contributed by atoms with E-state index in [1.807, 2.05) is 13.0 Å². The van der Waals surface area contributed by atoms with Crippen LogP contribution in [0.5, 0.6) is 0 Å². The highest BCUT2D eigenvalue weighted by Crippen LogP contribution is 2.16. The molecule has 0 unspecified atom stereocenters. The maximum absolute atomic E-state index is 13.4. The second-order valence-corrected chi connectivity index (χ2v) is 7.43. The molecule has 1 aromatic carbocycles. The molecule has 8 heteroatoms. The summed E-state index contributed by atoms with van der Waals surface area (Å²) in [6.07, 6.45) is 3.92. The average molecular weight is 519 g/mol. The number of unbranched alkanes of at least 4 members (excludes halogenated alkanes) is 1. The van der Waals surface area contributed by atoms with Crippen LogP contribution in [0.1, 0.15) is 43.7 Å². The number of amides is 1. The minimum absolute atomic E-state index is 0. The number of likely N-dealkylation sites (tertiary alicyclic amines) is 1. The zero-order valence-corrected chi connectivity index (χ0v) is 19.9. The van der Waals surface area contributed by atoms with Gasteiger partial charge >= 0.3 is 0 Å². The topological polar surface area (TPSA) is 82.8 Å². The zero-order valence-electron chi connectivity index (χ0n) is 17.5. The molecule has 0 aliphatic carbocycles. The summed E-state index contributed by atoms with van der Waals surface area (Å²) in [6, 6.07) is 5.10. The standard InChI is InChI=1S/C21H34FN5O.HI/c1-3-24-21(26-15-17-6-7-19(22)16(2)14-17)25-10-4-5-11-27-12-8-18(9-13-27)20(23)28;/h6-7,14,18H,3-5,8-13,15H2,1-2H3,(H2,23,28)(H2,24,25,26);1H. The molecule has 6 nitrogen and oxygen atoms in total. The molecule has 4 N–H and O–H groups in total. The Labute approximate surface area is 190 Å². The number of benzene rings is 1. The maximum Gasteiger partial charge on any atom is 0.220 e. The second kappa shape index (κ2) is 13.7. The molecular formula is C21H35FIN5O. The molecule has 1 heterocycles. The van der Waals surface area contributed by atoms with Gasteiger partial charge in [-0.05, 0) is 76.4 Å². The van der Waals surface area contributed by atoms with Crippen LogP contribution < -0.4 is 16.4 Å². The first-order valence-corrected chi connectivity index (χ1v) is 10.3. The number of aliphatic imine (C=N–C) groups is 1. The molecule has 0 aromatic heterocycles. The van der Waals surface area contributed by atoms with Gasteiger partial charge in [-0.3, -0.25) is 4.79 Å². The number of carbonyl (C=O) groups is 1. The van der Waals surface area contributed by atoms with Gasteiger partial charge in [-0.25, -0.2) is 9.38 Å². The smallest absolute Gasteiger partial charge is 0.220 e. The van der Waals surface area contributed by atoms with E-state index in [1.165, 1.54) is 6.07 Å². The van der Waals surface area contributed by atoms with E-state index in [9.17, 15) is 9.18 Å². The molecule has 1 aliphatic rings. The first kappa shape index (κ1) is 25.6. The van der Waals surface area contributed by atoms with Crippen LogP contribution in [0.3, 0.4) is 0 Å². The van der Waals surface area contributed by atoms with E-state index in [0.717, 1.165) is 69.9 Å². The average Bonchev–Trinajstić information content (AvgIpc) is 2.68. The fourth-order valence-corrected chi connectivity index (χ4v) is 3.43. The highest BCUT2D eigenvalue weighted by molar-refractivity contribution is 14.0. The van der Waals surface area contributed by atoms with Crippen molar-refractivity contribution in [1.29, 1.82) is 0 Å². The van der Waals surface area contributed by atoms with Gasteiger partial charge in [-0.2, -0.15) is 0 Å². The summed E-state index contributed by atoms with van der Waals surface area (Å²) in [4.78, 5) is 18.2. The minimum Gasteiger partial charge on any atom is -0.369 e. The van der Waals surface area contributed by atoms with Crippen LogP contribution in [0, 0.1) is 18.7 Å². The van der Waals surface area contributed by atoms with Crippen molar-refractivity contribution in [3.05, 3.63) is 35.1 Å². The number of rotatable bonds is 9. The Kier molecular flexibility index (Phi) is 12.1. The van der Waals surface area contributed by atoms with Crippen LogP contribution in [-0.4, -0.2) is 49.5 Å². The van der Waals surface area contributed by atoms with Gasteiger partial charge in [0, 0.05) is 19.0 Å². The lowest BCUT2D eigenvalue weighted by Gasteiger charge is -2.30. The number of nitrogens with zero attached hydrogens (tertiary/aromatic N) is 2. The van der Waals surface area contributed by atoms with Crippen molar-refractivity contribution in [3.8, 4) is 0 Å². The fraction of sp³-hybridized carbons (Fsp3) is 0.619. The lowest BCUT2D eigenvalue weighted by Crippen LogP contribution is -2.39. The molecule has 1 aliphatic heterocycles. The van der Waals surface area contributed by atoms with Gasteiger partial charge in [0.15, 0.2) is 5.96 Å². The van der Waals surface area contributed by atoms with E-state index in [1.54, 1.807) is 13.0 Å². The third-order valence-corrected chi connectivity index (χ3v) is 5.17. The number of nitrogens with one attached hydrogen (secondary N) is 2. The Balaban J connectivity index is 0.00000420. The van der Waals surface area contributed by atoms with Crippen molar-refractivity contribution in [2.45, 2.75) is 46.1 Å². The summed E-state index contributed by atoms with van der Waals surface area (Å²) >= 11 is 0. The first-order valence-electron chi connectivity index (χ1n) is 10.3. The molecule has 164 valence electrons. The zero-order chi connectivity index (χ0) is 20.4. The molecule has 2 rings (SSSR count). The summed E-state index contributed by atoms with van der Waals surface area (Å²) in [5, 5.41) is 6.61. The number of guanidine groups is 1. The van der Waals surface area contributed by atoms with Crippen LogP contribution >= 0.6 is 24.0 Å². The molecule has 1 aromatic rings. The molecule has 29 heavy (non-hydrogen) atoms. The van der Waals surface area contributed by atoms with Crippen LogP contribution in [0.15, 0.2) is 23.2 Å². The van der Waals surface area contributed by atoms with E-state index < -0.39 is 0 Å². The van der Waals surface area contributed by atoms with Crippen molar-refractivity contribution in [3.63, 3.8) is 0 Å². The summed E-state index contributed by atoms with van der Waals surface area (Å²) in [5.74, 6) is 0.500. The van der Waals surface area contributed by atoms with Crippen LogP contribution in [0.2, 0.25) is 0 Å². The van der Waals surface area contributed by atoms with Crippen molar-refractivity contribution in [1.82, 2.24) is 15.5 Å². The van der Waals surface area contributed by atoms with Gasteiger partial charge in [0.25, 0.3) is 0 Å². The third-order valence-electron chi connectivity index (χ3n) is 5.17. The molecule has 0 saturated carbocycles. The Hall–Kier alpha value is -1.42. The highest BCUT2D eigenvalue weighted by atomic mass is 127. The first-order chi connectivity index (χ1) is 13.5. The van der Waals surface area contributed by atoms with Gasteiger partial charge in [0.2, 0.25) is 5.91 Å². The Morgan fingerprint density at radius 3 is 2.62 bits per heavy atom. The predicted octanol–water partition coefficient (Wildman–Crippen LogP) is 2.78. The molecule has 0 bridgehead atoms. The normalized spacial score (nSPS) is 15.6. The van der Waals surface area contributed by atoms with Crippen LogP contribution in [0.25, 0.3) is 0 Å². The lowest BCUT2D eigenvalue weighted by atomic mass is 9.96. The van der Waals surface area contributed by atoms with Gasteiger partial charge in [0.1, 0.15) is 5.82 Å². The molecular weight excluding hydrogens is 484 g/mol. The van der Waals surface area contributed by atoms with Crippen molar-refractivity contribution >= 4 is 35.8 Å². The minimum atomic E-state index is -0.184. The van der Waals surface area contributed by atoms with E-state index in [2.05, 4.69) is 20.5 Å². The maximum atomic E-state index is 13.4. The monoisotopic (exact) mass is 519 g/mol.